The van der Waals surface area contributed by atoms with Crippen LogP contribution in [-0.4, -0.2) is 24.2 Å². The fraction of sp³-hybridized carbons (Fsp3) is 0.636. The molecule has 1 heterocycles. The molecule has 100 valence electrons. The van der Waals surface area contributed by atoms with Crippen LogP contribution in [0.3, 0.4) is 0 Å². The summed E-state index contributed by atoms with van der Waals surface area (Å²) in [7, 11) is -1.95. The summed E-state index contributed by atoms with van der Waals surface area (Å²) in [5.74, 6) is -2.31. The van der Waals surface area contributed by atoms with Crippen molar-refractivity contribution in [1.82, 2.24) is 9.97 Å². The second-order valence-electron chi connectivity index (χ2n) is 5.64. The minimum Gasteiger partial charge on any atom is -0.404 e. The first kappa shape index (κ1) is 14.0. The van der Waals surface area contributed by atoms with E-state index in [-0.39, 0.29) is 12.8 Å². The highest BCUT2D eigenvalue weighted by Crippen LogP contribution is 2.54. The molecule has 0 aromatic carbocycles. The molecule has 0 bridgehead atoms. The lowest BCUT2D eigenvalue weighted by Crippen LogP contribution is -2.55. The number of nitrogens with zero attached hydrogens (tertiary/aromatic N) is 2. The molecule has 7 heteroatoms. The van der Waals surface area contributed by atoms with Crippen LogP contribution >= 0.6 is 15.9 Å². The molecule has 0 radical (unpaired) electrons. The number of aromatic nitrogens is 2. The largest absolute Gasteiger partial charge is 0.404 e. The summed E-state index contributed by atoms with van der Waals surface area (Å²) >= 11 is 3.23. The van der Waals surface area contributed by atoms with Gasteiger partial charge in [0.2, 0.25) is 0 Å². The molecule has 1 aromatic heterocycles. The first-order valence-corrected chi connectivity index (χ1v) is 9.88. The fourth-order valence-corrected chi connectivity index (χ4v) is 3.81. The van der Waals surface area contributed by atoms with Gasteiger partial charge < -0.3 is 4.43 Å². The minimum atomic E-state index is -2.67. The molecule has 1 aliphatic rings. The molecular formula is C11H15BrF2N2OSi. The third-order valence-corrected chi connectivity index (χ3v) is 4.03. The molecule has 1 fully saturated rings. The van der Waals surface area contributed by atoms with Crippen molar-refractivity contribution in [2.75, 3.05) is 0 Å². The van der Waals surface area contributed by atoms with Crippen molar-refractivity contribution in [1.29, 1.82) is 0 Å². The van der Waals surface area contributed by atoms with Crippen molar-refractivity contribution >= 4 is 24.2 Å². The SMILES string of the molecule is C[Si](C)(C)OC1(c2ncc(Br)cn2)CC(F)(F)C1. The Morgan fingerprint density at radius 2 is 1.72 bits per heavy atom. The average molecular weight is 337 g/mol. The Morgan fingerprint density at radius 3 is 2.11 bits per heavy atom. The number of alkyl halides is 2. The van der Waals surface area contributed by atoms with Crippen LogP contribution in [0.4, 0.5) is 8.78 Å². The third-order valence-electron chi connectivity index (χ3n) is 2.62. The van der Waals surface area contributed by atoms with Crippen LogP contribution < -0.4 is 0 Å². The highest BCUT2D eigenvalue weighted by molar-refractivity contribution is 9.10. The van der Waals surface area contributed by atoms with E-state index in [1.807, 2.05) is 19.6 Å². The quantitative estimate of drug-likeness (QED) is 0.789. The lowest BCUT2D eigenvalue weighted by molar-refractivity contribution is -0.204. The molecule has 0 aliphatic heterocycles. The fourth-order valence-electron chi connectivity index (χ4n) is 2.19. The maximum absolute atomic E-state index is 13.2. The average Bonchev–Trinajstić information content (AvgIpc) is 2.12. The van der Waals surface area contributed by atoms with E-state index in [0.29, 0.717) is 5.82 Å². The standard InChI is InChI=1S/C11H15BrF2N2OSi/c1-18(2,3)17-10(6-11(13,14)7-10)9-15-4-8(12)5-16-9/h4-5H,6-7H2,1-3H3. The predicted molar refractivity (Wildman–Crippen MR) is 70.0 cm³/mol. The van der Waals surface area contributed by atoms with Gasteiger partial charge >= 0.3 is 0 Å². The first-order chi connectivity index (χ1) is 8.12. The second-order valence-corrected chi connectivity index (χ2v) is 11.0. The maximum atomic E-state index is 13.2. The van der Waals surface area contributed by atoms with Crippen LogP contribution in [0.2, 0.25) is 19.6 Å². The summed E-state index contributed by atoms with van der Waals surface area (Å²) in [6.45, 7) is 5.93. The van der Waals surface area contributed by atoms with Gasteiger partial charge in [0.1, 0.15) is 5.60 Å². The Balaban J connectivity index is 2.30. The Labute approximate surface area is 114 Å². The summed E-state index contributed by atoms with van der Waals surface area (Å²) in [6, 6.07) is 0. The molecule has 0 saturated heterocycles. The topological polar surface area (TPSA) is 35.0 Å². The first-order valence-electron chi connectivity index (χ1n) is 5.68. The van der Waals surface area contributed by atoms with Gasteiger partial charge in [0.05, 0.1) is 4.47 Å². The molecule has 1 saturated carbocycles. The summed E-state index contributed by atoms with van der Waals surface area (Å²) in [5, 5.41) is 0. The zero-order chi connectivity index (χ0) is 13.6. The third kappa shape index (κ3) is 2.94. The van der Waals surface area contributed by atoms with Crippen molar-refractivity contribution in [3.8, 4) is 0 Å². The molecule has 18 heavy (non-hydrogen) atoms. The lowest BCUT2D eigenvalue weighted by atomic mass is 9.76. The number of halogens is 3. The summed E-state index contributed by atoms with van der Waals surface area (Å²) in [6.07, 6.45) is 2.47. The van der Waals surface area contributed by atoms with E-state index in [1.54, 1.807) is 12.4 Å². The predicted octanol–water partition coefficient (Wildman–Crippen LogP) is 3.72. The lowest BCUT2D eigenvalue weighted by Gasteiger charge is -2.48. The molecule has 3 nitrogen and oxygen atoms in total. The monoisotopic (exact) mass is 336 g/mol. The van der Waals surface area contributed by atoms with E-state index < -0.39 is 19.8 Å². The van der Waals surface area contributed by atoms with E-state index in [1.165, 1.54) is 0 Å². The van der Waals surface area contributed by atoms with Gasteiger partial charge in [-0.25, -0.2) is 18.7 Å². The van der Waals surface area contributed by atoms with E-state index in [4.69, 9.17) is 4.43 Å². The normalized spacial score (nSPS) is 21.4. The van der Waals surface area contributed by atoms with Crippen molar-refractivity contribution in [3.05, 3.63) is 22.7 Å². The van der Waals surface area contributed by atoms with Gasteiger partial charge in [-0.05, 0) is 35.6 Å². The molecule has 0 spiro atoms. The number of hydrogen-bond acceptors (Lipinski definition) is 3. The molecule has 2 rings (SSSR count). The molecule has 0 unspecified atom stereocenters. The van der Waals surface area contributed by atoms with Gasteiger partial charge in [0.25, 0.3) is 5.92 Å². The van der Waals surface area contributed by atoms with Gasteiger partial charge in [-0.2, -0.15) is 0 Å². The number of hydrogen-bond donors (Lipinski definition) is 0. The van der Waals surface area contributed by atoms with Gasteiger partial charge in [-0.3, -0.25) is 0 Å². The minimum absolute atomic E-state index is 0.327. The smallest absolute Gasteiger partial charge is 0.254 e. The van der Waals surface area contributed by atoms with Crippen molar-refractivity contribution in [2.24, 2.45) is 0 Å². The summed E-state index contributed by atoms with van der Waals surface area (Å²) < 4.78 is 33.2. The van der Waals surface area contributed by atoms with Crippen LogP contribution in [0.15, 0.2) is 16.9 Å². The molecule has 0 atom stereocenters. The Bertz CT molecular complexity index is 439. The van der Waals surface area contributed by atoms with Gasteiger partial charge in [0.15, 0.2) is 14.1 Å². The highest BCUT2D eigenvalue weighted by atomic mass is 79.9. The maximum Gasteiger partial charge on any atom is 0.254 e. The van der Waals surface area contributed by atoms with Gasteiger partial charge in [0, 0.05) is 25.2 Å². The summed E-state index contributed by atoms with van der Waals surface area (Å²) in [4.78, 5) is 8.26. The van der Waals surface area contributed by atoms with Crippen molar-refractivity contribution in [3.63, 3.8) is 0 Å². The van der Waals surface area contributed by atoms with E-state index >= 15 is 0 Å². The van der Waals surface area contributed by atoms with Gasteiger partial charge in [-0.15, -0.1) is 0 Å². The second kappa shape index (κ2) is 4.31. The van der Waals surface area contributed by atoms with Crippen molar-refractivity contribution < 1.29 is 13.2 Å². The Kier molecular flexibility index (Phi) is 3.36. The molecule has 0 N–H and O–H groups in total. The molecule has 0 amide bonds. The van der Waals surface area contributed by atoms with E-state index in [2.05, 4.69) is 25.9 Å². The zero-order valence-corrected chi connectivity index (χ0v) is 13.1. The van der Waals surface area contributed by atoms with E-state index in [9.17, 15) is 8.78 Å². The molecule has 1 aliphatic carbocycles. The molecule has 1 aromatic rings. The van der Waals surface area contributed by atoms with Crippen molar-refractivity contribution in [2.45, 2.75) is 44.0 Å². The number of rotatable bonds is 3. The highest BCUT2D eigenvalue weighted by Gasteiger charge is 2.61. The Morgan fingerprint density at radius 1 is 1.22 bits per heavy atom. The van der Waals surface area contributed by atoms with Crippen LogP contribution in [-0.2, 0) is 10.0 Å². The zero-order valence-electron chi connectivity index (χ0n) is 10.5. The summed E-state index contributed by atoms with van der Waals surface area (Å²) in [5.41, 5.74) is -1.01. The van der Waals surface area contributed by atoms with Crippen LogP contribution in [0.25, 0.3) is 0 Å². The van der Waals surface area contributed by atoms with E-state index in [0.717, 1.165) is 4.47 Å². The van der Waals surface area contributed by atoms with Crippen LogP contribution in [0.5, 0.6) is 0 Å². The Hall–Kier alpha value is -0.403. The van der Waals surface area contributed by atoms with Gasteiger partial charge in [-0.1, -0.05) is 0 Å². The molecular weight excluding hydrogens is 322 g/mol. The van der Waals surface area contributed by atoms with Crippen LogP contribution in [0, 0.1) is 0 Å². The van der Waals surface area contributed by atoms with Crippen LogP contribution in [0.1, 0.15) is 18.7 Å².